The molecule has 0 heterocycles. The molecule has 0 aromatic heterocycles. The summed E-state index contributed by atoms with van der Waals surface area (Å²) in [6.45, 7) is 28.5. The average Bonchev–Trinajstić information content (AvgIpc) is 2.85. The van der Waals surface area contributed by atoms with Crippen LogP contribution in [0.5, 0.6) is 0 Å². The quantitative estimate of drug-likeness (QED) is 0.115. The lowest BCUT2D eigenvalue weighted by Crippen LogP contribution is -2.39. The van der Waals surface area contributed by atoms with Gasteiger partial charge in [0.05, 0.1) is 11.8 Å². The maximum absolute atomic E-state index is 12.1. The molecular weight excluding hydrogens is 540 g/mol. The van der Waals surface area contributed by atoms with Crippen LogP contribution in [-0.4, -0.2) is 22.5 Å². The minimum atomic E-state index is -0.486. The van der Waals surface area contributed by atoms with Crippen molar-refractivity contribution < 1.29 is 29.9 Å². The first-order valence-corrected chi connectivity index (χ1v) is 17.2. The van der Waals surface area contributed by atoms with Gasteiger partial charge in [-0.3, -0.25) is 0 Å². The second-order valence-corrected chi connectivity index (χ2v) is 18.4. The average molecular weight is 613 g/mol. The zero-order chi connectivity index (χ0) is 33.7. The molecule has 1 aliphatic carbocycles. The van der Waals surface area contributed by atoms with E-state index in [-0.39, 0.29) is 28.1 Å². The fourth-order valence-electron chi connectivity index (χ4n) is 7.38. The van der Waals surface area contributed by atoms with Crippen molar-refractivity contribution >= 4 is 11.9 Å². The molecule has 0 radical (unpaired) electrons. The molecule has 0 aromatic rings. The predicted octanol–water partition coefficient (Wildman–Crippen LogP) is 11.5. The molecule has 0 bridgehead atoms. The fourth-order valence-corrected chi connectivity index (χ4v) is 7.38. The number of carbonyl (C=O) groups excluding carboxylic acids is 2. The van der Waals surface area contributed by atoms with Crippen LogP contribution < -0.4 is 0 Å². The first kappa shape index (κ1) is 41.9. The zero-order valence-corrected chi connectivity index (χ0v) is 30.7. The van der Waals surface area contributed by atoms with E-state index in [0.717, 1.165) is 57.8 Å². The van der Waals surface area contributed by atoms with Crippen molar-refractivity contribution in [2.45, 2.75) is 180 Å². The molecule has 1 aliphatic rings. The Labute approximate surface area is 266 Å². The van der Waals surface area contributed by atoms with Crippen LogP contribution in [0.3, 0.4) is 0 Å². The van der Waals surface area contributed by atoms with E-state index in [2.05, 4.69) is 99.8 Å². The minimum absolute atomic E-state index is 0.0953. The number of unbranched alkanes of at least 4 members (excludes halogenated alkanes) is 2. The van der Waals surface area contributed by atoms with Crippen LogP contribution in [0.2, 0.25) is 0 Å². The summed E-state index contributed by atoms with van der Waals surface area (Å²) < 4.78 is 0. The van der Waals surface area contributed by atoms with Crippen LogP contribution in [0, 0.1) is 44.8 Å². The topological polar surface area (TPSA) is 93.1 Å². The van der Waals surface area contributed by atoms with Crippen LogP contribution in [0.1, 0.15) is 180 Å². The van der Waals surface area contributed by atoms with Gasteiger partial charge in [-0.25, -0.2) is 9.59 Å². The highest BCUT2D eigenvalue weighted by Crippen LogP contribution is 2.46. The zero-order valence-electron chi connectivity index (χ0n) is 30.7. The van der Waals surface area contributed by atoms with Crippen molar-refractivity contribution in [2.24, 2.45) is 44.8 Å². The molecule has 1 fully saturated rings. The molecule has 256 valence electrons. The number of hydrogen-bond donors (Lipinski definition) is 2. The molecule has 2 unspecified atom stereocenters. The van der Waals surface area contributed by atoms with Gasteiger partial charge >= 0.3 is 11.9 Å². The van der Waals surface area contributed by atoms with Crippen molar-refractivity contribution in [3.05, 3.63) is 0 Å². The lowest BCUT2D eigenvalue weighted by Gasteiger charge is -2.41. The summed E-state index contributed by atoms with van der Waals surface area (Å²) in [6.07, 6.45) is 15.3. The van der Waals surface area contributed by atoms with Crippen LogP contribution >= 0.6 is 0 Å². The van der Waals surface area contributed by atoms with Gasteiger partial charge in [0.25, 0.3) is 0 Å². The molecule has 43 heavy (non-hydrogen) atoms. The van der Waals surface area contributed by atoms with E-state index < -0.39 is 11.9 Å². The third-order valence-electron chi connectivity index (χ3n) is 9.57. The normalized spacial score (nSPS) is 17.0. The van der Waals surface area contributed by atoms with E-state index in [1.54, 1.807) is 0 Å². The van der Waals surface area contributed by atoms with Gasteiger partial charge in [-0.15, -0.1) is 0 Å². The minimum Gasteiger partial charge on any atom is -0.301 e. The van der Waals surface area contributed by atoms with E-state index in [4.69, 9.17) is 10.5 Å². The molecule has 1 rings (SSSR count). The monoisotopic (exact) mass is 613 g/mol. The van der Waals surface area contributed by atoms with Crippen molar-refractivity contribution in [3.8, 4) is 0 Å². The Hall–Kier alpha value is -1.14. The standard InChI is InChI=1S/C19H36O3.C18H36O3/c1-18(2,3)14-10-9-13-16(17(20)22-21)19(4,5)15-11-7-6-8-12-15;1-16(2,3)12-10-9-11-14(15(19)21-20)18(7,8)13-17(4,5)6/h15-16,21H,6-14H2,1-5H3;14,20H,9-13H2,1-8H3. The molecule has 2 atom stereocenters. The summed E-state index contributed by atoms with van der Waals surface area (Å²) in [5.41, 5.74) is 0.532. The Bertz CT molecular complexity index is 787. The Kier molecular flexibility index (Phi) is 17.6. The van der Waals surface area contributed by atoms with Gasteiger partial charge in [-0.2, -0.15) is 10.5 Å². The van der Waals surface area contributed by atoms with Crippen LogP contribution in [0.4, 0.5) is 0 Å². The second kappa shape index (κ2) is 18.1. The highest BCUT2D eigenvalue weighted by molar-refractivity contribution is 5.73. The number of carbonyl (C=O) groups is 2. The first-order valence-electron chi connectivity index (χ1n) is 17.2. The smallest absolute Gasteiger partial charge is 0.301 e. The van der Waals surface area contributed by atoms with Crippen molar-refractivity contribution in [3.63, 3.8) is 0 Å². The summed E-state index contributed by atoms with van der Waals surface area (Å²) in [5.74, 6) is -0.804. The summed E-state index contributed by atoms with van der Waals surface area (Å²) in [7, 11) is 0. The molecule has 6 heteroatoms. The molecule has 0 spiro atoms. The van der Waals surface area contributed by atoms with Gasteiger partial charge in [0.2, 0.25) is 0 Å². The van der Waals surface area contributed by atoms with Gasteiger partial charge in [0.15, 0.2) is 0 Å². The highest BCUT2D eigenvalue weighted by atomic mass is 17.1. The lowest BCUT2D eigenvalue weighted by molar-refractivity contribution is -0.244. The van der Waals surface area contributed by atoms with E-state index >= 15 is 0 Å². The van der Waals surface area contributed by atoms with E-state index in [1.165, 1.54) is 32.1 Å². The van der Waals surface area contributed by atoms with Crippen LogP contribution in [-0.2, 0) is 19.4 Å². The SMILES string of the molecule is CC(C)(C)CCCCC(C(=O)OO)C(C)(C)C1CCCCC1.CC(C)(C)CCCCC(C(=O)OO)C(C)(C)CC(C)(C)C. The van der Waals surface area contributed by atoms with Gasteiger partial charge in [-0.05, 0) is 77.9 Å². The molecule has 6 nitrogen and oxygen atoms in total. The molecular formula is C37H72O6. The van der Waals surface area contributed by atoms with Gasteiger partial charge in [-0.1, -0.05) is 135 Å². The molecule has 0 aromatic carbocycles. The largest absolute Gasteiger partial charge is 0.345 e. The van der Waals surface area contributed by atoms with Crippen molar-refractivity contribution in [1.29, 1.82) is 0 Å². The summed E-state index contributed by atoms with van der Waals surface area (Å²) in [6, 6.07) is 0. The third kappa shape index (κ3) is 17.8. The van der Waals surface area contributed by atoms with E-state index in [9.17, 15) is 9.59 Å². The Morgan fingerprint density at radius 2 is 1.00 bits per heavy atom. The maximum atomic E-state index is 12.1. The van der Waals surface area contributed by atoms with Crippen molar-refractivity contribution in [1.82, 2.24) is 0 Å². The molecule has 2 N–H and O–H groups in total. The van der Waals surface area contributed by atoms with Gasteiger partial charge in [0.1, 0.15) is 0 Å². The maximum Gasteiger partial charge on any atom is 0.345 e. The summed E-state index contributed by atoms with van der Waals surface area (Å²) in [5, 5.41) is 17.7. The number of hydrogen-bond acceptors (Lipinski definition) is 6. The Balaban J connectivity index is 0.000000822. The molecule has 1 saturated carbocycles. The first-order chi connectivity index (χ1) is 19.5. The van der Waals surface area contributed by atoms with Gasteiger partial charge < -0.3 is 9.78 Å². The fraction of sp³-hybridized carbons (Fsp3) is 0.946. The molecule has 0 saturated heterocycles. The van der Waals surface area contributed by atoms with E-state index in [1.807, 2.05) is 0 Å². The third-order valence-corrected chi connectivity index (χ3v) is 9.57. The highest BCUT2D eigenvalue weighted by Gasteiger charge is 2.42. The van der Waals surface area contributed by atoms with E-state index in [0.29, 0.717) is 16.7 Å². The second-order valence-electron chi connectivity index (χ2n) is 18.4. The van der Waals surface area contributed by atoms with Crippen LogP contribution in [0.25, 0.3) is 0 Å². The van der Waals surface area contributed by atoms with Crippen LogP contribution in [0.15, 0.2) is 0 Å². The Morgan fingerprint density at radius 3 is 1.37 bits per heavy atom. The summed E-state index contributed by atoms with van der Waals surface area (Å²) >= 11 is 0. The lowest BCUT2D eigenvalue weighted by atomic mass is 9.63. The van der Waals surface area contributed by atoms with Gasteiger partial charge in [0, 0.05) is 0 Å². The number of rotatable bonds is 14. The molecule has 0 aliphatic heterocycles. The predicted molar refractivity (Wildman–Crippen MR) is 178 cm³/mol. The summed E-state index contributed by atoms with van der Waals surface area (Å²) in [4.78, 5) is 32.3. The molecule has 0 amide bonds. The Morgan fingerprint density at radius 1 is 0.605 bits per heavy atom. The van der Waals surface area contributed by atoms with Crippen molar-refractivity contribution in [2.75, 3.05) is 0 Å².